The SMILES string of the molecule is CNC1N=CC(CN)=CC1O. The van der Waals surface area contributed by atoms with Crippen LogP contribution in [0, 0.1) is 0 Å². The monoisotopic (exact) mass is 155 g/mol. The minimum atomic E-state index is -0.552. The summed E-state index contributed by atoms with van der Waals surface area (Å²) in [5.74, 6) is 0. The summed E-state index contributed by atoms with van der Waals surface area (Å²) < 4.78 is 0. The predicted octanol–water partition coefficient (Wildman–Crippen LogP) is -1.14. The summed E-state index contributed by atoms with van der Waals surface area (Å²) in [7, 11) is 1.76. The topological polar surface area (TPSA) is 70.6 Å². The van der Waals surface area contributed by atoms with Crippen molar-refractivity contribution in [2.45, 2.75) is 12.3 Å². The molecule has 2 unspecified atom stereocenters. The molecule has 4 nitrogen and oxygen atoms in total. The molecule has 4 N–H and O–H groups in total. The average molecular weight is 155 g/mol. The van der Waals surface area contributed by atoms with E-state index < -0.39 is 6.10 Å². The van der Waals surface area contributed by atoms with Crippen molar-refractivity contribution in [2.24, 2.45) is 10.7 Å². The molecule has 0 fully saturated rings. The van der Waals surface area contributed by atoms with E-state index in [1.807, 2.05) is 0 Å². The molecule has 11 heavy (non-hydrogen) atoms. The Bertz CT molecular complexity index is 188. The van der Waals surface area contributed by atoms with Crippen LogP contribution in [0.25, 0.3) is 0 Å². The van der Waals surface area contributed by atoms with Gasteiger partial charge in [0.1, 0.15) is 12.3 Å². The summed E-state index contributed by atoms with van der Waals surface area (Å²) in [4.78, 5) is 4.05. The van der Waals surface area contributed by atoms with E-state index >= 15 is 0 Å². The predicted molar refractivity (Wildman–Crippen MR) is 44.5 cm³/mol. The van der Waals surface area contributed by atoms with Gasteiger partial charge in [-0.1, -0.05) is 0 Å². The number of aliphatic hydroxyl groups is 1. The third kappa shape index (κ3) is 1.86. The highest BCUT2D eigenvalue weighted by Gasteiger charge is 2.16. The van der Waals surface area contributed by atoms with Crippen LogP contribution in [0.1, 0.15) is 0 Å². The first-order valence-corrected chi connectivity index (χ1v) is 3.57. The third-order valence-corrected chi connectivity index (χ3v) is 1.64. The van der Waals surface area contributed by atoms with E-state index in [9.17, 15) is 5.11 Å². The minimum Gasteiger partial charge on any atom is -0.385 e. The summed E-state index contributed by atoms with van der Waals surface area (Å²) in [5.41, 5.74) is 6.24. The van der Waals surface area contributed by atoms with Gasteiger partial charge in [-0.15, -0.1) is 0 Å². The molecule has 0 bridgehead atoms. The van der Waals surface area contributed by atoms with Gasteiger partial charge >= 0.3 is 0 Å². The number of dihydropyridines is 1. The number of hydrogen-bond donors (Lipinski definition) is 3. The Morgan fingerprint density at radius 2 is 2.55 bits per heavy atom. The lowest BCUT2D eigenvalue weighted by molar-refractivity contribution is 0.178. The molecule has 1 aliphatic heterocycles. The molecule has 0 saturated carbocycles. The summed E-state index contributed by atoms with van der Waals surface area (Å²) in [6.45, 7) is 0.428. The Kier molecular flexibility index (Phi) is 2.76. The smallest absolute Gasteiger partial charge is 0.129 e. The van der Waals surface area contributed by atoms with Crippen molar-refractivity contribution in [1.29, 1.82) is 0 Å². The van der Waals surface area contributed by atoms with Gasteiger partial charge in [0.2, 0.25) is 0 Å². The van der Waals surface area contributed by atoms with Gasteiger partial charge < -0.3 is 10.8 Å². The van der Waals surface area contributed by atoms with E-state index in [2.05, 4.69) is 10.3 Å². The van der Waals surface area contributed by atoms with Crippen molar-refractivity contribution in [3.63, 3.8) is 0 Å². The maximum atomic E-state index is 9.36. The largest absolute Gasteiger partial charge is 0.385 e. The minimum absolute atomic E-state index is 0.217. The number of aliphatic hydroxyl groups excluding tert-OH is 1. The molecule has 0 spiro atoms. The number of rotatable bonds is 2. The second-order valence-corrected chi connectivity index (χ2v) is 2.45. The summed E-state index contributed by atoms with van der Waals surface area (Å²) in [6.07, 6.45) is 2.64. The average Bonchev–Trinajstić information content (AvgIpc) is 2.04. The highest BCUT2D eigenvalue weighted by Crippen LogP contribution is 2.05. The molecule has 0 aliphatic carbocycles. The Hall–Kier alpha value is -0.710. The third-order valence-electron chi connectivity index (χ3n) is 1.64. The maximum Gasteiger partial charge on any atom is 0.129 e. The molecule has 4 heteroatoms. The molecule has 0 aromatic heterocycles. The molecule has 62 valence electrons. The molecule has 0 aromatic rings. The number of nitrogens with zero attached hydrogens (tertiary/aromatic N) is 1. The van der Waals surface area contributed by atoms with Gasteiger partial charge in [0.05, 0.1) is 0 Å². The van der Waals surface area contributed by atoms with Crippen molar-refractivity contribution >= 4 is 6.21 Å². The number of likely N-dealkylation sites (N-methyl/N-ethyl adjacent to an activating group) is 1. The van der Waals surface area contributed by atoms with Crippen molar-refractivity contribution in [1.82, 2.24) is 5.32 Å². The van der Waals surface area contributed by atoms with Crippen LogP contribution in [-0.2, 0) is 0 Å². The van der Waals surface area contributed by atoms with Crippen LogP contribution < -0.4 is 11.1 Å². The first-order valence-electron chi connectivity index (χ1n) is 3.57. The standard InChI is InChI=1S/C7H13N3O/c1-9-7-6(11)2-5(3-8)4-10-7/h2,4,6-7,9,11H,3,8H2,1H3. The first-order chi connectivity index (χ1) is 5.27. The van der Waals surface area contributed by atoms with E-state index in [0.717, 1.165) is 5.57 Å². The zero-order valence-corrected chi connectivity index (χ0v) is 6.49. The lowest BCUT2D eigenvalue weighted by Gasteiger charge is -2.19. The van der Waals surface area contributed by atoms with Crippen LogP contribution in [0.2, 0.25) is 0 Å². The number of nitrogens with one attached hydrogen (secondary N) is 1. The van der Waals surface area contributed by atoms with Crippen LogP contribution in [0.4, 0.5) is 0 Å². The van der Waals surface area contributed by atoms with Crippen LogP contribution in [0.3, 0.4) is 0 Å². The number of nitrogens with two attached hydrogens (primary N) is 1. The highest BCUT2D eigenvalue weighted by molar-refractivity contribution is 5.80. The molecule has 1 heterocycles. The molecule has 0 amide bonds. The lowest BCUT2D eigenvalue weighted by atomic mass is 10.1. The van der Waals surface area contributed by atoms with Crippen molar-refractivity contribution < 1.29 is 5.11 Å². The van der Waals surface area contributed by atoms with Gasteiger partial charge in [-0.05, 0) is 18.7 Å². The van der Waals surface area contributed by atoms with Gasteiger partial charge in [-0.2, -0.15) is 0 Å². The fourth-order valence-electron chi connectivity index (χ4n) is 0.984. The summed E-state index contributed by atoms with van der Waals surface area (Å²) in [5, 5.41) is 12.2. The van der Waals surface area contributed by atoms with E-state index in [-0.39, 0.29) is 6.17 Å². The van der Waals surface area contributed by atoms with Gasteiger partial charge in [-0.25, -0.2) is 0 Å². The Morgan fingerprint density at radius 1 is 1.82 bits per heavy atom. The second kappa shape index (κ2) is 3.61. The Morgan fingerprint density at radius 3 is 3.00 bits per heavy atom. The van der Waals surface area contributed by atoms with Crippen LogP contribution in [0.5, 0.6) is 0 Å². The molecule has 1 rings (SSSR count). The van der Waals surface area contributed by atoms with Crippen molar-refractivity contribution in [3.8, 4) is 0 Å². The van der Waals surface area contributed by atoms with E-state index in [4.69, 9.17) is 5.73 Å². The zero-order chi connectivity index (χ0) is 8.27. The van der Waals surface area contributed by atoms with Crippen molar-refractivity contribution in [2.75, 3.05) is 13.6 Å². The van der Waals surface area contributed by atoms with E-state index in [1.54, 1.807) is 19.3 Å². The molecule has 0 aromatic carbocycles. The first kappa shape index (κ1) is 8.39. The van der Waals surface area contributed by atoms with Crippen LogP contribution in [0.15, 0.2) is 16.6 Å². The van der Waals surface area contributed by atoms with E-state index in [1.165, 1.54) is 0 Å². The molecular weight excluding hydrogens is 142 g/mol. The van der Waals surface area contributed by atoms with Crippen LogP contribution in [-0.4, -0.2) is 37.2 Å². The molecular formula is C7H13N3O. The normalized spacial score (nSPS) is 30.3. The quantitative estimate of drug-likeness (QED) is 0.472. The van der Waals surface area contributed by atoms with Gasteiger partial charge in [0.25, 0.3) is 0 Å². The lowest BCUT2D eigenvalue weighted by Crippen LogP contribution is -2.37. The Labute approximate surface area is 65.8 Å². The van der Waals surface area contributed by atoms with Gasteiger partial charge in [-0.3, -0.25) is 10.3 Å². The van der Waals surface area contributed by atoms with Gasteiger partial charge in [0, 0.05) is 12.8 Å². The Balaban J connectivity index is 2.63. The second-order valence-electron chi connectivity index (χ2n) is 2.45. The number of aliphatic imine (C=N–C) groups is 1. The number of hydrogen-bond acceptors (Lipinski definition) is 4. The maximum absolute atomic E-state index is 9.36. The van der Waals surface area contributed by atoms with Gasteiger partial charge in [0.15, 0.2) is 0 Å². The van der Waals surface area contributed by atoms with Crippen molar-refractivity contribution in [3.05, 3.63) is 11.6 Å². The fraction of sp³-hybridized carbons (Fsp3) is 0.571. The van der Waals surface area contributed by atoms with Crippen LogP contribution >= 0.6 is 0 Å². The highest BCUT2D eigenvalue weighted by atomic mass is 16.3. The molecule has 0 saturated heterocycles. The van der Waals surface area contributed by atoms with E-state index in [0.29, 0.717) is 6.54 Å². The molecule has 0 radical (unpaired) electrons. The molecule has 1 aliphatic rings. The zero-order valence-electron chi connectivity index (χ0n) is 6.49. The summed E-state index contributed by atoms with van der Waals surface area (Å²) >= 11 is 0. The molecule has 2 atom stereocenters. The summed E-state index contributed by atoms with van der Waals surface area (Å²) in [6, 6.07) is 0. The fourth-order valence-corrected chi connectivity index (χ4v) is 0.984.